The zero-order valence-electron chi connectivity index (χ0n) is 9.60. The Morgan fingerprint density at radius 1 is 0.833 bits per heavy atom. The van der Waals surface area contributed by atoms with E-state index in [4.69, 9.17) is 0 Å². The van der Waals surface area contributed by atoms with Crippen LogP contribution in [0.15, 0.2) is 60.9 Å². The molecular weight excluding hydrogens is 227 g/mol. The Balaban J connectivity index is 2.10. The standard InChI is InChI=1S/C15H11FN2/c16-14-5-1-4-13-12(14)3-2-6-15(13)18-11-7-9-17-10-8-11/h1-10H,(H,17,18). The van der Waals surface area contributed by atoms with Crippen LogP contribution in [0.3, 0.4) is 0 Å². The summed E-state index contributed by atoms with van der Waals surface area (Å²) < 4.78 is 13.7. The average molecular weight is 238 g/mol. The molecule has 0 radical (unpaired) electrons. The summed E-state index contributed by atoms with van der Waals surface area (Å²) in [5.41, 5.74) is 1.82. The third-order valence-electron chi connectivity index (χ3n) is 2.83. The molecule has 0 saturated carbocycles. The van der Waals surface area contributed by atoms with Crippen LogP contribution in [0.5, 0.6) is 0 Å². The first kappa shape index (κ1) is 10.7. The van der Waals surface area contributed by atoms with Gasteiger partial charge in [0, 0.05) is 34.5 Å². The first-order valence-electron chi connectivity index (χ1n) is 5.69. The molecule has 0 aliphatic heterocycles. The predicted molar refractivity (Wildman–Crippen MR) is 71.4 cm³/mol. The quantitative estimate of drug-likeness (QED) is 0.726. The molecule has 1 N–H and O–H groups in total. The molecule has 1 heterocycles. The second kappa shape index (κ2) is 4.45. The first-order chi connectivity index (χ1) is 8.84. The van der Waals surface area contributed by atoms with Gasteiger partial charge in [0.2, 0.25) is 0 Å². The average Bonchev–Trinajstić information content (AvgIpc) is 2.41. The normalized spacial score (nSPS) is 10.5. The summed E-state index contributed by atoms with van der Waals surface area (Å²) in [6, 6.07) is 14.4. The predicted octanol–water partition coefficient (Wildman–Crippen LogP) is 4.12. The highest BCUT2D eigenvalue weighted by molar-refractivity contribution is 5.95. The molecule has 0 saturated heterocycles. The number of aromatic nitrogens is 1. The SMILES string of the molecule is Fc1cccc2c(Nc3ccncc3)cccc12. The topological polar surface area (TPSA) is 24.9 Å². The van der Waals surface area contributed by atoms with Gasteiger partial charge in [-0.15, -0.1) is 0 Å². The number of nitrogens with zero attached hydrogens (tertiary/aromatic N) is 1. The molecule has 0 unspecified atom stereocenters. The number of rotatable bonds is 2. The molecule has 2 aromatic carbocycles. The molecule has 0 fully saturated rings. The lowest BCUT2D eigenvalue weighted by atomic mass is 10.1. The molecule has 1 aromatic heterocycles. The highest BCUT2D eigenvalue weighted by Crippen LogP contribution is 2.27. The Hall–Kier alpha value is -2.42. The fourth-order valence-corrected chi connectivity index (χ4v) is 1.97. The van der Waals surface area contributed by atoms with Crippen LogP contribution < -0.4 is 5.32 Å². The number of anilines is 2. The van der Waals surface area contributed by atoms with Crippen molar-refractivity contribution < 1.29 is 4.39 Å². The van der Waals surface area contributed by atoms with Gasteiger partial charge >= 0.3 is 0 Å². The Morgan fingerprint density at radius 3 is 2.39 bits per heavy atom. The minimum atomic E-state index is -0.203. The van der Waals surface area contributed by atoms with E-state index in [2.05, 4.69) is 10.3 Å². The second-order valence-electron chi connectivity index (χ2n) is 4.00. The van der Waals surface area contributed by atoms with Gasteiger partial charge in [0.1, 0.15) is 5.82 Å². The molecule has 0 aliphatic carbocycles. The van der Waals surface area contributed by atoms with E-state index in [1.165, 1.54) is 6.07 Å². The number of hydrogen-bond acceptors (Lipinski definition) is 2. The molecule has 0 bridgehead atoms. The highest BCUT2D eigenvalue weighted by atomic mass is 19.1. The van der Waals surface area contributed by atoms with Gasteiger partial charge in [-0.3, -0.25) is 4.98 Å². The van der Waals surface area contributed by atoms with E-state index in [-0.39, 0.29) is 5.82 Å². The van der Waals surface area contributed by atoms with Gasteiger partial charge in [-0.25, -0.2) is 4.39 Å². The third-order valence-corrected chi connectivity index (χ3v) is 2.83. The number of nitrogens with one attached hydrogen (secondary N) is 1. The van der Waals surface area contributed by atoms with E-state index < -0.39 is 0 Å². The van der Waals surface area contributed by atoms with Crippen LogP contribution in [-0.4, -0.2) is 4.98 Å². The summed E-state index contributed by atoms with van der Waals surface area (Å²) in [5.74, 6) is -0.203. The van der Waals surface area contributed by atoms with Gasteiger partial charge in [-0.05, 0) is 24.3 Å². The lowest BCUT2D eigenvalue weighted by Crippen LogP contribution is -1.92. The number of hydrogen-bond donors (Lipinski definition) is 1. The first-order valence-corrected chi connectivity index (χ1v) is 5.69. The zero-order valence-corrected chi connectivity index (χ0v) is 9.60. The van der Waals surface area contributed by atoms with Crippen molar-refractivity contribution in [2.45, 2.75) is 0 Å². The smallest absolute Gasteiger partial charge is 0.131 e. The fourth-order valence-electron chi connectivity index (χ4n) is 1.97. The number of halogens is 1. The molecule has 3 heteroatoms. The lowest BCUT2D eigenvalue weighted by Gasteiger charge is -2.09. The van der Waals surface area contributed by atoms with Crippen LogP contribution >= 0.6 is 0 Å². The number of pyridine rings is 1. The number of fused-ring (bicyclic) bond motifs is 1. The molecule has 0 spiro atoms. The monoisotopic (exact) mass is 238 g/mol. The number of benzene rings is 2. The van der Waals surface area contributed by atoms with Gasteiger partial charge in [-0.2, -0.15) is 0 Å². The Bertz CT molecular complexity index is 680. The molecule has 0 atom stereocenters. The Labute approximate surface area is 104 Å². The van der Waals surface area contributed by atoms with Crippen molar-refractivity contribution in [3.8, 4) is 0 Å². The summed E-state index contributed by atoms with van der Waals surface area (Å²) in [6.45, 7) is 0. The molecule has 2 nitrogen and oxygen atoms in total. The maximum Gasteiger partial charge on any atom is 0.131 e. The van der Waals surface area contributed by atoms with Crippen LogP contribution in [0, 0.1) is 5.82 Å². The molecule has 3 aromatic rings. The van der Waals surface area contributed by atoms with Crippen molar-refractivity contribution in [2.75, 3.05) is 5.32 Å². The maximum absolute atomic E-state index is 13.7. The molecule has 0 amide bonds. The van der Waals surface area contributed by atoms with Crippen molar-refractivity contribution in [1.29, 1.82) is 0 Å². The molecule has 3 rings (SSSR count). The highest BCUT2D eigenvalue weighted by Gasteiger charge is 2.04. The fraction of sp³-hybridized carbons (Fsp3) is 0. The lowest BCUT2D eigenvalue weighted by molar-refractivity contribution is 0.640. The summed E-state index contributed by atoms with van der Waals surface area (Å²) in [5, 5.41) is 4.76. The van der Waals surface area contributed by atoms with Gasteiger partial charge in [0.25, 0.3) is 0 Å². The van der Waals surface area contributed by atoms with E-state index in [0.717, 1.165) is 16.8 Å². The largest absolute Gasteiger partial charge is 0.355 e. The van der Waals surface area contributed by atoms with E-state index in [1.807, 2.05) is 30.3 Å². The summed E-state index contributed by atoms with van der Waals surface area (Å²) in [6.07, 6.45) is 3.43. The van der Waals surface area contributed by atoms with Crippen molar-refractivity contribution in [3.05, 3.63) is 66.7 Å². The molecule has 18 heavy (non-hydrogen) atoms. The van der Waals surface area contributed by atoms with Crippen molar-refractivity contribution in [3.63, 3.8) is 0 Å². The van der Waals surface area contributed by atoms with Crippen molar-refractivity contribution in [2.24, 2.45) is 0 Å². The van der Waals surface area contributed by atoms with Gasteiger partial charge < -0.3 is 5.32 Å². The summed E-state index contributed by atoms with van der Waals surface area (Å²) >= 11 is 0. The third kappa shape index (κ3) is 1.91. The second-order valence-corrected chi connectivity index (χ2v) is 4.00. The van der Waals surface area contributed by atoms with Crippen LogP contribution in [0.25, 0.3) is 10.8 Å². The van der Waals surface area contributed by atoms with E-state index in [1.54, 1.807) is 24.5 Å². The van der Waals surface area contributed by atoms with Crippen LogP contribution in [-0.2, 0) is 0 Å². The maximum atomic E-state index is 13.7. The Morgan fingerprint density at radius 2 is 1.56 bits per heavy atom. The minimum Gasteiger partial charge on any atom is -0.355 e. The van der Waals surface area contributed by atoms with E-state index in [9.17, 15) is 4.39 Å². The van der Waals surface area contributed by atoms with Crippen LogP contribution in [0.1, 0.15) is 0 Å². The molecule has 88 valence electrons. The van der Waals surface area contributed by atoms with Gasteiger partial charge in [-0.1, -0.05) is 24.3 Å². The van der Waals surface area contributed by atoms with E-state index in [0.29, 0.717) is 5.39 Å². The minimum absolute atomic E-state index is 0.203. The summed E-state index contributed by atoms with van der Waals surface area (Å²) in [7, 11) is 0. The summed E-state index contributed by atoms with van der Waals surface area (Å²) in [4.78, 5) is 3.96. The van der Waals surface area contributed by atoms with Crippen molar-refractivity contribution in [1.82, 2.24) is 4.98 Å². The zero-order chi connectivity index (χ0) is 12.4. The van der Waals surface area contributed by atoms with Gasteiger partial charge in [0.15, 0.2) is 0 Å². The van der Waals surface area contributed by atoms with E-state index >= 15 is 0 Å². The molecule has 0 aliphatic rings. The van der Waals surface area contributed by atoms with Crippen LogP contribution in [0.4, 0.5) is 15.8 Å². The molecular formula is C15H11FN2. The Kier molecular flexibility index (Phi) is 2.65. The van der Waals surface area contributed by atoms with Gasteiger partial charge in [0.05, 0.1) is 0 Å². The van der Waals surface area contributed by atoms with Crippen molar-refractivity contribution >= 4 is 22.1 Å². The van der Waals surface area contributed by atoms with Crippen LogP contribution in [0.2, 0.25) is 0 Å².